The smallest absolute Gasteiger partial charge is 0.0561 e. The van der Waals surface area contributed by atoms with Crippen molar-refractivity contribution < 1.29 is 0 Å². The number of hydrogen-bond donors (Lipinski definition) is 1. The molecule has 1 unspecified atom stereocenters. The molecule has 0 aliphatic heterocycles. The minimum atomic E-state index is -0.0947. The maximum absolute atomic E-state index is 6.19. The van der Waals surface area contributed by atoms with E-state index in [1.165, 1.54) is 0 Å². The van der Waals surface area contributed by atoms with Crippen LogP contribution in [0.25, 0.3) is 0 Å². The molecule has 0 saturated heterocycles. The fraction of sp³-hybridized carbons (Fsp3) is 0.231. The third kappa shape index (κ3) is 3.02. The Morgan fingerprint density at radius 1 is 1.24 bits per heavy atom. The number of nitrogens with two attached hydrogens (primary N) is 1. The van der Waals surface area contributed by atoms with Crippen molar-refractivity contribution in [3.8, 4) is 0 Å². The van der Waals surface area contributed by atoms with Gasteiger partial charge in [0, 0.05) is 15.9 Å². The number of benzene rings is 1. The monoisotopic (exact) mass is 285 g/mol. The molecule has 1 aromatic heterocycles. The van der Waals surface area contributed by atoms with Gasteiger partial charge in [0.05, 0.1) is 5.02 Å². The van der Waals surface area contributed by atoms with E-state index in [1.54, 1.807) is 11.3 Å². The fourth-order valence-corrected chi connectivity index (χ4v) is 3.23. The van der Waals surface area contributed by atoms with Crippen molar-refractivity contribution in [2.75, 3.05) is 0 Å². The Hall–Kier alpha value is -0.540. The topological polar surface area (TPSA) is 26.0 Å². The minimum absolute atomic E-state index is 0.0947. The van der Waals surface area contributed by atoms with Crippen LogP contribution >= 0.6 is 34.5 Å². The van der Waals surface area contributed by atoms with Crippen molar-refractivity contribution >= 4 is 34.5 Å². The highest BCUT2D eigenvalue weighted by Crippen LogP contribution is 2.30. The average Bonchev–Trinajstić information content (AvgIpc) is 2.68. The Morgan fingerprint density at radius 2 is 2.00 bits per heavy atom. The zero-order chi connectivity index (χ0) is 12.4. The molecule has 1 aromatic carbocycles. The Kier molecular flexibility index (Phi) is 4.10. The van der Waals surface area contributed by atoms with Gasteiger partial charge in [-0.2, -0.15) is 0 Å². The quantitative estimate of drug-likeness (QED) is 0.876. The SMILES string of the molecule is Cc1ccc(CC(N)c2sccc2Cl)c(Cl)c1. The van der Waals surface area contributed by atoms with Crippen molar-refractivity contribution in [3.05, 3.63) is 55.7 Å². The highest BCUT2D eigenvalue weighted by molar-refractivity contribution is 7.10. The molecule has 0 aliphatic carbocycles. The van der Waals surface area contributed by atoms with Crippen LogP contribution in [0, 0.1) is 6.92 Å². The Bertz CT molecular complexity index is 522. The highest BCUT2D eigenvalue weighted by Gasteiger charge is 2.13. The molecule has 1 atom stereocenters. The van der Waals surface area contributed by atoms with Crippen molar-refractivity contribution in [1.29, 1.82) is 0 Å². The molecule has 1 nitrogen and oxygen atoms in total. The Balaban J connectivity index is 2.19. The molecule has 90 valence electrons. The second-order valence-corrected chi connectivity index (χ2v) is 5.80. The average molecular weight is 286 g/mol. The van der Waals surface area contributed by atoms with Crippen LogP contribution in [-0.4, -0.2) is 0 Å². The number of halogens is 2. The van der Waals surface area contributed by atoms with E-state index < -0.39 is 0 Å². The fourth-order valence-electron chi connectivity index (χ4n) is 1.72. The third-order valence-electron chi connectivity index (χ3n) is 2.63. The van der Waals surface area contributed by atoms with Crippen LogP contribution in [0.4, 0.5) is 0 Å². The summed E-state index contributed by atoms with van der Waals surface area (Å²) in [5, 5.41) is 3.47. The standard InChI is InChI=1S/C13H13Cl2NS/c1-8-2-3-9(11(15)6-8)7-12(16)13-10(14)4-5-17-13/h2-6,12H,7,16H2,1H3. The summed E-state index contributed by atoms with van der Waals surface area (Å²) in [7, 11) is 0. The number of thiophene rings is 1. The Labute approximate surface area is 115 Å². The van der Waals surface area contributed by atoms with Crippen LogP contribution in [-0.2, 0) is 6.42 Å². The van der Waals surface area contributed by atoms with Crippen molar-refractivity contribution in [1.82, 2.24) is 0 Å². The third-order valence-corrected chi connectivity index (χ3v) is 4.47. The van der Waals surface area contributed by atoms with E-state index in [0.717, 1.165) is 26.0 Å². The first-order valence-corrected chi connectivity index (χ1v) is 6.95. The van der Waals surface area contributed by atoms with Crippen molar-refractivity contribution in [2.45, 2.75) is 19.4 Å². The van der Waals surface area contributed by atoms with Crippen LogP contribution < -0.4 is 5.73 Å². The lowest BCUT2D eigenvalue weighted by Crippen LogP contribution is -2.12. The second-order valence-electron chi connectivity index (χ2n) is 4.04. The summed E-state index contributed by atoms with van der Waals surface area (Å²) in [5.74, 6) is 0. The lowest BCUT2D eigenvalue weighted by atomic mass is 10.0. The molecular weight excluding hydrogens is 273 g/mol. The first-order valence-electron chi connectivity index (χ1n) is 5.31. The van der Waals surface area contributed by atoms with Crippen molar-refractivity contribution in [2.24, 2.45) is 5.73 Å². The molecule has 0 saturated carbocycles. The summed E-state index contributed by atoms with van der Waals surface area (Å²) in [4.78, 5) is 1.02. The van der Waals surface area contributed by atoms with E-state index in [-0.39, 0.29) is 6.04 Å². The molecule has 0 spiro atoms. The summed E-state index contributed by atoms with van der Waals surface area (Å²) in [6, 6.07) is 7.81. The molecule has 2 rings (SSSR count). The van der Waals surface area contributed by atoms with Crippen LogP contribution in [0.1, 0.15) is 22.0 Å². The van der Waals surface area contributed by atoms with E-state index in [1.807, 2.05) is 36.6 Å². The van der Waals surface area contributed by atoms with Gasteiger partial charge in [-0.05, 0) is 42.0 Å². The first kappa shape index (κ1) is 12.9. The first-order chi connectivity index (χ1) is 8.08. The molecule has 0 bridgehead atoms. The molecule has 17 heavy (non-hydrogen) atoms. The maximum Gasteiger partial charge on any atom is 0.0561 e. The lowest BCUT2D eigenvalue weighted by molar-refractivity contribution is 0.737. The number of aryl methyl sites for hydroxylation is 1. The van der Waals surface area contributed by atoms with Crippen molar-refractivity contribution in [3.63, 3.8) is 0 Å². The molecule has 0 aliphatic rings. The molecule has 2 N–H and O–H groups in total. The molecule has 4 heteroatoms. The van der Waals surface area contributed by atoms with Crippen LogP contribution in [0.3, 0.4) is 0 Å². The van der Waals surface area contributed by atoms with Gasteiger partial charge in [-0.3, -0.25) is 0 Å². The second kappa shape index (κ2) is 5.40. The molecule has 0 radical (unpaired) electrons. The van der Waals surface area contributed by atoms with Gasteiger partial charge in [0.1, 0.15) is 0 Å². The molecule has 0 amide bonds. The van der Waals surface area contributed by atoms with Gasteiger partial charge in [-0.15, -0.1) is 11.3 Å². The normalized spacial score (nSPS) is 12.7. The zero-order valence-electron chi connectivity index (χ0n) is 9.41. The highest BCUT2D eigenvalue weighted by atomic mass is 35.5. The predicted octanol–water partition coefficient (Wildman–Crippen LogP) is 4.61. The van der Waals surface area contributed by atoms with Gasteiger partial charge in [0.15, 0.2) is 0 Å². The molecular formula is C13H13Cl2NS. The van der Waals surface area contributed by atoms with Gasteiger partial charge in [0.2, 0.25) is 0 Å². The summed E-state index contributed by atoms with van der Waals surface area (Å²) in [6.45, 7) is 2.02. The summed E-state index contributed by atoms with van der Waals surface area (Å²) < 4.78 is 0. The predicted molar refractivity (Wildman–Crippen MR) is 76.2 cm³/mol. The van der Waals surface area contributed by atoms with Gasteiger partial charge in [-0.25, -0.2) is 0 Å². The van der Waals surface area contributed by atoms with E-state index >= 15 is 0 Å². The summed E-state index contributed by atoms with van der Waals surface area (Å²) in [6.07, 6.45) is 0.708. The van der Waals surface area contributed by atoms with E-state index in [9.17, 15) is 0 Å². The van der Waals surface area contributed by atoms with Gasteiger partial charge < -0.3 is 5.73 Å². The lowest BCUT2D eigenvalue weighted by Gasteiger charge is -2.12. The van der Waals surface area contributed by atoms with Crippen LogP contribution in [0.15, 0.2) is 29.6 Å². The molecule has 2 aromatic rings. The van der Waals surface area contributed by atoms with E-state index in [4.69, 9.17) is 28.9 Å². The van der Waals surface area contributed by atoms with E-state index in [0.29, 0.717) is 6.42 Å². The van der Waals surface area contributed by atoms with Gasteiger partial charge in [0.25, 0.3) is 0 Å². The maximum atomic E-state index is 6.19. The number of hydrogen-bond acceptors (Lipinski definition) is 2. The molecule has 0 fully saturated rings. The van der Waals surface area contributed by atoms with Crippen LogP contribution in [0.5, 0.6) is 0 Å². The van der Waals surface area contributed by atoms with E-state index in [2.05, 4.69) is 0 Å². The zero-order valence-corrected chi connectivity index (χ0v) is 11.7. The summed E-state index contributed by atoms with van der Waals surface area (Å²) >= 11 is 13.8. The summed E-state index contributed by atoms with van der Waals surface area (Å²) in [5.41, 5.74) is 8.36. The van der Waals surface area contributed by atoms with Gasteiger partial charge >= 0.3 is 0 Å². The molecule has 1 heterocycles. The van der Waals surface area contributed by atoms with Crippen LogP contribution in [0.2, 0.25) is 10.0 Å². The number of rotatable bonds is 3. The minimum Gasteiger partial charge on any atom is -0.323 e. The van der Waals surface area contributed by atoms with Gasteiger partial charge in [-0.1, -0.05) is 35.3 Å². The Morgan fingerprint density at radius 3 is 2.59 bits per heavy atom. The largest absolute Gasteiger partial charge is 0.323 e.